The van der Waals surface area contributed by atoms with Crippen molar-refractivity contribution in [3.63, 3.8) is 0 Å². The predicted molar refractivity (Wildman–Crippen MR) is 73.1 cm³/mol. The molecule has 0 spiro atoms. The maximum atomic E-state index is 12.4. The molecule has 4 heteroatoms. The van der Waals surface area contributed by atoms with Crippen molar-refractivity contribution < 1.29 is 9.53 Å². The summed E-state index contributed by atoms with van der Waals surface area (Å²) >= 11 is 0. The minimum absolute atomic E-state index is 0.00000661. The van der Waals surface area contributed by atoms with Crippen molar-refractivity contribution in [1.29, 1.82) is 0 Å². The second-order valence-electron chi connectivity index (χ2n) is 5.12. The Labute approximate surface area is 113 Å². The van der Waals surface area contributed by atoms with Gasteiger partial charge < -0.3 is 15.0 Å². The van der Waals surface area contributed by atoms with Gasteiger partial charge in [-0.3, -0.25) is 4.79 Å². The third-order valence-corrected chi connectivity index (χ3v) is 3.99. The van der Waals surface area contributed by atoms with Crippen molar-refractivity contribution in [1.82, 2.24) is 10.2 Å². The molecule has 0 aromatic heterocycles. The molecule has 1 N–H and O–H groups in total. The fourth-order valence-corrected chi connectivity index (χ4v) is 3.09. The lowest BCUT2D eigenvalue weighted by atomic mass is 9.99. The van der Waals surface area contributed by atoms with E-state index in [0.717, 1.165) is 37.2 Å². The first-order chi connectivity index (χ1) is 9.31. The highest BCUT2D eigenvalue weighted by Gasteiger charge is 2.37. The van der Waals surface area contributed by atoms with Crippen LogP contribution in [0, 0.1) is 0 Å². The Kier molecular flexibility index (Phi) is 3.42. The van der Waals surface area contributed by atoms with Gasteiger partial charge in [0, 0.05) is 18.5 Å². The molecule has 0 radical (unpaired) electrons. The Morgan fingerprint density at radius 2 is 2.21 bits per heavy atom. The molecule has 0 saturated carbocycles. The third-order valence-electron chi connectivity index (χ3n) is 3.99. The molecule has 1 fully saturated rings. The second kappa shape index (κ2) is 5.21. The number of nitrogens with one attached hydrogen (secondary N) is 1. The van der Waals surface area contributed by atoms with Crippen LogP contribution in [0.15, 0.2) is 24.3 Å². The average molecular weight is 260 g/mol. The number of hydrogen-bond donors (Lipinski definition) is 1. The van der Waals surface area contributed by atoms with Crippen LogP contribution in [0.1, 0.15) is 31.4 Å². The molecule has 0 aliphatic carbocycles. The largest absolute Gasteiger partial charge is 0.493 e. The topological polar surface area (TPSA) is 41.6 Å². The zero-order valence-electron chi connectivity index (χ0n) is 11.3. The van der Waals surface area contributed by atoms with Gasteiger partial charge in [-0.2, -0.15) is 0 Å². The highest BCUT2D eigenvalue weighted by molar-refractivity contribution is 5.84. The molecular weight excluding hydrogens is 240 g/mol. The number of likely N-dealkylation sites (N-methyl/N-ethyl adjacent to an activating group) is 1. The summed E-state index contributed by atoms with van der Waals surface area (Å²) in [4.78, 5) is 14.4. The molecule has 1 saturated heterocycles. The molecule has 19 heavy (non-hydrogen) atoms. The first kappa shape index (κ1) is 12.5. The van der Waals surface area contributed by atoms with Gasteiger partial charge in [0.2, 0.25) is 5.91 Å². The average Bonchev–Trinajstić information content (AvgIpc) is 2.80. The summed E-state index contributed by atoms with van der Waals surface area (Å²) in [6.07, 6.45) is 1.80. The van der Waals surface area contributed by atoms with Gasteiger partial charge in [-0.15, -0.1) is 0 Å². The number of ether oxygens (including phenoxy) is 1. The van der Waals surface area contributed by atoms with E-state index >= 15 is 0 Å². The number of carbonyl (C=O) groups excluding carboxylic acids is 1. The van der Waals surface area contributed by atoms with Crippen molar-refractivity contribution in [3.05, 3.63) is 29.8 Å². The van der Waals surface area contributed by atoms with Gasteiger partial charge in [-0.1, -0.05) is 25.1 Å². The van der Waals surface area contributed by atoms with E-state index in [1.54, 1.807) is 0 Å². The summed E-state index contributed by atoms with van der Waals surface area (Å²) in [5, 5.41) is 3.26. The van der Waals surface area contributed by atoms with Crippen molar-refractivity contribution in [3.8, 4) is 5.75 Å². The molecule has 2 atom stereocenters. The minimum Gasteiger partial charge on any atom is -0.493 e. The molecule has 2 aliphatic rings. The van der Waals surface area contributed by atoms with Crippen molar-refractivity contribution in [2.24, 2.45) is 0 Å². The standard InChI is InChI=1S/C15H20N2O2/c1-2-16-12-7-9-17(15(12)18)13-8-10-19-14-6-4-3-5-11(13)14/h3-6,12-13,16H,2,7-10H2,1H3. The maximum Gasteiger partial charge on any atom is 0.240 e. The van der Waals surface area contributed by atoms with Crippen molar-refractivity contribution >= 4 is 5.91 Å². The maximum absolute atomic E-state index is 12.4. The summed E-state index contributed by atoms with van der Waals surface area (Å²) in [6, 6.07) is 8.25. The lowest BCUT2D eigenvalue weighted by molar-refractivity contribution is -0.132. The van der Waals surface area contributed by atoms with Crippen LogP contribution < -0.4 is 10.1 Å². The zero-order chi connectivity index (χ0) is 13.2. The fraction of sp³-hybridized carbons (Fsp3) is 0.533. The third kappa shape index (κ3) is 2.21. The normalized spacial score (nSPS) is 26.2. The van der Waals surface area contributed by atoms with Gasteiger partial charge in [0.25, 0.3) is 0 Å². The van der Waals surface area contributed by atoms with Gasteiger partial charge in [0.05, 0.1) is 18.7 Å². The summed E-state index contributed by atoms with van der Waals surface area (Å²) < 4.78 is 5.67. The van der Waals surface area contributed by atoms with E-state index in [9.17, 15) is 4.79 Å². The minimum atomic E-state index is 0.00000661. The number of carbonyl (C=O) groups is 1. The summed E-state index contributed by atoms with van der Waals surface area (Å²) in [6.45, 7) is 4.42. The summed E-state index contributed by atoms with van der Waals surface area (Å²) in [5.41, 5.74) is 1.15. The molecule has 1 aromatic carbocycles. The van der Waals surface area contributed by atoms with Gasteiger partial charge >= 0.3 is 0 Å². The fourth-order valence-electron chi connectivity index (χ4n) is 3.09. The smallest absolute Gasteiger partial charge is 0.240 e. The monoisotopic (exact) mass is 260 g/mol. The molecule has 2 unspecified atom stereocenters. The Balaban J connectivity index is 1.83. The lowest BCUT2D eigenvalue weighted by Crippen LogP contribution is -2.40. The van der Waals surface area contributed by atoms with Crippen LogP contribution in [0.4, 0.5) is 0 Å². The lowest BCUT2D eigenvalue weighted by Gasteiger charge is -2.33. The Morgan fingerprint density at radius 1 is 1.37 bits per heavy atom. The summed E-state index contributed by atoms with van der Waals surface area (Å²) in [7, 11) is 0. The predicted octanol–water partition coefficient (Wildman–Crippen LogP) is 1.72. The number of rotatable bonds is 3. The molecule has 1 amide bonds. The number of fused-ring (bicyclic) bond motifs is 1. The van der Waals surface area contributed by atoms with Crippen LogP contribution in [0.2, 0.25) is 0 Å². The highest BCUT2D eigenvalue weighted by atomic mass is 16.5. The molecular formula is C15H20N2O2. The van der Waals surface area contributed by atoms with Crippen LogP contribution in [-0.2, 0) is 4.79 Å². The molecule has 1 aromatic rings. The molecule has 4 nitrogen and oxygen atoms in total. The Morgan fingerprint density at radius 3 is 3.05 bits per heavy atom. The highest BCUT2D eigenvalue weighted by Crippen LogP contribution is 2.37. The number of para-hydroxylation sites is 1. The van der Waals surface area contributed by atoms with Crippen LogP contribution >= 0.6 is 0 Å². The van der Waals surface area contributed by atoms with Gasteiger partial charge in [-0.25, -0.2) is 0 Å². The van der Waals surface area contributed by atoms with E-state index in [4.69, 9.17) is 4.74 Å². The first-order valence-corrected chi connectivity index (χ1v) is 7.07. The van der Waals surface area contributed by atoms with Gasteiger partial charge in [0.1, 0.15) is 5.75 Å². The number of hydrogen-bond acceptors (Lipinski definition) is 3. The van der Waals surface area contributed by atoms with Gasteiger partial charge in [-0.05, 0) is 19.0 Å². The van der Waals surface area contributed by atoms with E-state index in [1.165, 1.54) is 0 Å². The number of benzene rings is 1. The van der Waals surface area contributed by atoms with Crippen LogP contribution in [0.3, 0.4) is 0 Å². The SMILES string of the molecule is CCNC1CCN(C2CCOc3ccccc32)C1=O. The second-order valence-corrected chi connectivity index (χ2v) is 5.12. The van der Waals surface area contributed by atoms with E-state index in [0.29, 0.717) is 6.61 Å². The van der Waals surface area contributed by atoms with E-state index < -0.39 is 0 Å². The quantitative estimate of drug-likeness (QED) is 0.899. The van der Waals surface area contributed by atoms with Crippen LogP contribution in [0.25, 0.3) is 0 Å². The Bertz CT molecular complexity index is 475. The Hall–Kier alpha value is -1.55. The van der Waals surface area contributed by atoms with Crippen LogP contribution in [0.5, 0.6) is 5.75 Å². The first-order valence-electron chi connectivity index (χ1n) is 7.07. The molecule has 0 bridgehead atoms. The molecule has 102 valence electrons. The number of nitrogens with zero attached hydrogens (tertiary/aromatic N) is 1. The van der Waals surface area contributed by atoms with Crippen molar-refractivity contribution in [2.75, 3.05) is 19.7 Å². The molecule has 2 heterocycles. The summed E-state index contributed by atoms with van der Waals surface area (Å²) in [5.74, 6) is 1.17. The van der Waals surface area contributed by atoms with E-state index in [2.05, 4.69) is 11.4 Å². The van der Waals surface area contributed by atoms with Crippen LogP contribution in [-0.4, -0.2) is 36.5 Å². The number of likely N-dealkylation sites (tertiary alicyclic amines) is 1. The molecule has 3 rings (SSSR count). The van der Waals surface area contributed by atoms with E-state index in [-0.39, 0.29) is 18.0 Å². The van der Waals surface area contributed by atoms with E-state index in [1.807, 2.05) is 30.0 Å². The number of amides is 1. The zero-order valence-corrected chi connectivity index (χ0v) is 11.3. The van der Waals surface area contributed by atoms with Gasteiger partial charge in [0.15, 0.2) is 0 Å². The molecule has 2 aliphatic heterocycles. The van der Waals surface area contributed by atoms with Crippen molar-refractivity contribution in [2.45, 2.75) is 31.8 Å².